The van der Waals surface area contributed by atoms with Crippen molar-refractivity contribution < 1.29 is 9.59 Å². The van der Waals surface area contributed by atoms with E-state index in [1.165, 1.54) is 11.3 Å². The van der Waals surface area contributed by atoms with Crippen LogP contribution in [0.2, 0.25) is 0 Å². The minimum Gasteiger partial charge on any atom is -0.347 e. The van der Waals surface area contributed by atoms with Gasteiger partial charge in [-0.3, -0.25) is 9.59 Å². The minimum atomic E-state index is -0.352. The lowest BCUT2D eigenvalue weighted by Gasteiger charge is -2.25. The third-order valence-corrected chi connectivity index (χ3v) is 5.58. The number of hydrogen-bond donors (Lipinski definition) is 0. The summed E-state index contributed by atoms with van der Waals surface area (Å²) in [5.74, 6) is -0.156. The topological polar surface area (TPSA) is 53.5 Å². The van der Waals surface area contributed by atoms with Crippen LogP contribution in [0.1, 0.15) is 23.3 Å². The average molecular weight is 335 g/mol. The number of rotatable bonds is 3. The smallest absolute Gasteiger partial charge is 0.274 e. The monoisotopic (exact) mass is 335 g/mol. The Labute approximate surface area is 137 Å². The molecule has 0 N–H and O–H groups in total. The lowest BCUT2D eigenvalue weighted by atomic mass is 10.2. The quantitative estimate of drug-likeness (QED) is 0.866. The first kappa shape index (κ1) is 15.2. The number of thiazole rings is 1. The molecule has 0 aromatic carbocycles. The van der Waals surface area contributed by atoms with Crippen molar-refractivity contribution in [2.75, 3.05) is 20.6 Å². The van der Waals surface area contributed by atoms with Crippen molar-refractivity contribution in [1.29, 1.82) is 0 Å². The average Bonchev–Trinajstić information content (AvgIpc) is 3.24. The molecule has 1 aliphatic heterocycles. The first-order chi connectivity index (χ1) is 10.6. The summed E-state index contributed by atoms with van der Waals surface area (Å²) >= 11 is 3.07. The zero-order valence-corrected chi connectivity index (χ0v) is 14.1. The van der Waals surface area contributed by atoms with Crippen molar-refractivity contribution in [1.82, 2.24) is 14.8 Å². The number of amides is 2. The normalized spacial score (nSPS) is 17.7. The highest BCUT2D eigenvalue weighted by Gasteiger charge is 2.36. The van der Waals surface area contributed by atoms with E-state index >= 15 is 0 Å². The van der Waals surface area contributed by atoms with E-state index in [9.17, 15) is 9.59 Å². The van der Waals surface area contributed by atoms with Crippen LogP contribution >= 0.6 is 22.7 Å². The summed E-state index contributed by atoms with van der Waals surface area (Å²) in [4.78, 5) is 33.6. The van der Waals surface area contributed by atoms with E-state index in [0.29, 0.717) is 12.2 Å². The molecule has 0 aliphatic carbocycles. The first-order valence-electron chi connectivity index (χ1n) is 7.09. The number of hydrogen-bond acceptors (Lipinski definition) is 5. The van der Waals surface area contributed by atoms with Crippen LogP contribution in [0.4, 0.5) is 0 Å². The summed E-state index contributed by atoms with van der Waals surface area (Å²) in [6.07, 6.45) is 1.59. The van der Waals surface area contributed by atoms with Gasteiger partial charge in [-0.2, -0.15) is 0 Å². The van der Waals surface area contributed by atoms with Crippen LogP contribution in [0.25, 0.3) is 9.88 Å². The van der Waals surface area contributed by atoms with Gasteiger partial charge in [-0.05, 0) is 24.3 Å². The molecule has 3 rings (SSSR count). The Morgan fingerprint density at radius 1 is 1.36 bits per heavy atom. The Balaban J connectivity index is 1.80. The molecule has 3 heterocycles. The van der Waals surface area contributed by atoms with Gasteiger partial charge in [0, 0.05) is 26.0 Å². The SMILES string of the molecule is CN(C)C(=O)C1CCCN1C(=O)c1csc(-c2cccs2)n1. The fourth-order valence-electron chi connectivity index (χ4n) is 2.60. The molecule has 22 heavy (non-hydrogen) atoms. The van der Waals surface area contributed by atoms with Crippen molar-refractivity contribution in [2.24, 2.45) is 0 Å². The Hall–Kier alpha value is -1.73. The number of likely N-dealkylation sites (tertiary alicyclic amines) is 1. The second kappa shape index (κ2) is 6.18. The molecule has 7 heteroatoms. The number of carbonyl (C=O) groups excluding carboxylic acids is 2. The first-order valence-corrected chi connectivity index (χ1v) is 8.85. The van der Waals surface area contributed by atoms with Crippen LogP contribution < -0.4 is 0 Å². The van der Waals surface area contributed by atoms with E-state index in [-0.39, 0.29) is 17.9 Å². The van der Waals surface area contributed by atoms with E-state index < -0.39 is 0 Å². The van der Waals surface area contributed by atoms with Crippen LogP contribution in [0.5, 0.6) is 0 Å². The minimum absolute atomic E-state index is 0.0143. The van der Waals surface area contributed by atoms with Gasteiger partial charge in [0.05, 0.1) is 4.88 Å². The van der Waals surface area contributed by atoms with Crippen molar-refractivity contribution >= 4 is 34.5 Å². The number of thiophene rings is 1. The molecule has 2 aromatic heterocycles. The van der Waals surface area contributed by atoms with Crippen LogP contribution in [0, 0.1) is 0 Å². The number of aromatic nitrogens is 1. The van der Waals surface area contributed by atoms with E-state index in [4.69, 9.17) is 0 Å². The Morgan fingerprint density at radius 3 is 2.86 bits per heavy atom. The van der Waals surface area contributed by atoms with Gasteiger partial charge in [-0.15, -0.1) is 22.7 Å². The highest BCUT2D eigenvalue weighted by Crippen LogP contribution is 2.29. The third-order valence-electron chi connectivity index (χ3n) is 3.69. The van der Waals surface area contributed by atoms with Crippen molar-refractivity contribution in [3.63, 3.8) is 0 Å². The Bertz CT molecular complexity index is 679. The number of nitrogens with zero attached hydrogens (tertiary/aromatic N) is 3. The molecule has 0 radical (unpaired) electrons. The van der Waals surface area contributed by atoms with Crippen molar-refractivity contribution in [3.05, 3.63) is 28.6 Å². The maximum atomic E-state index is 12.7. The summed E-state index contributed by atoms with van der Waals surface area (Å²) in [6.45, 7) is 0.620. The fraction of sp³-hybridized carbons (Fsp3) is 0.400. The van der Waals surface area contributed by atoms with Crippen molar-refractivity contribution in [2.45, 2.75) is 18.9 Å². The molecule has 0 saturated carbocycles. The second-order valence-electron chi connectivity index (χ2n) is 5.40. The molecule has 2 aromatic rings. The van der Waals surface area contributed by atoms with Crippen LogP contribution in [-0.4, -0.2) is 53.3 Å². The summed E-state index contributed by atoms with van der Waals surface area (Å²) in [5.41, 5.74) is 0.437. The molecule has 1 aliphatic rings. The molecule has 1 saturated heterocycles. The van der Waals surface area contributed by atoms with Gasteiger partial charge in [-0.1, -0.05) is 6.07 Å². The van der Waals surface area contributed by atoms with Gasteiger partial charge in [0.15, 0.2) is 0 Å². The maximum Gasteiger partial charge on any atom is 0.274 e. The molecule has 2 amide bonds. The lowest BCUT2D eigenvalue weighted by Crippen LogP contribution is -2.45. The summed E-state index contributed by atoms with van der Waals surface area (Å²) in [5, 5.41) is 4.63. The standard InChI is InChI=1S/C15H17N3O2S2/c1-17(2)15(20)11-5-3-7-18(11)14(19)10-9-22-13(16-10)12-6-4-8-21-12/h4,6,8-9,11H,3,5,7H2,1-2H3. The van der Waals surface area contributed by atoms with E-state index in [0.717, 1.165) is 22.7 Å². The van der Waals surface area contributed by atoms with E-state index in [1.54, 1.807) is 40.6 Å². The molecular weight excluding hydrogens is 318 g/mol. The van der Waals surface area contributed by atoms with Gasteiger partial charge < -0.3 is 9.80 Å². The highest BCUT2D eigenvalue weighted by molar-refractivity contribution is 7.20. The maximum absolute atomic E-state index is 12.7. The molecule has 116 valence electrons. The molecule has 1 unspecified atom stereocenters. The van der Waals surface area contributed by atoms with Gasteiger partial charge in [0.25, 0.3) is 5.91 Å². The van der Waals surface area contributed by atoms with Gasteiger partial charge in [0.1, 0.15) is 16.7 Å². The predicted octanol–water partition coefficient (Wildman–Crippen LogP) is 2.56. The van der Waals surface area contributed by atoms with Crippen molar-refractivity contribution in [3.8, 4) is 9.88 Å². The molecular formula is C15H17N3O2S2. The van der Waals surface area contributed by atoms with Crippen LogP contribution in [0.15, 0.2) is 22.9 Å². The number of likely N-dealkylation sites (N-methyl/N-ethyl adjacent to an activating group) is 1. The summed E-state index contributed by atoms with van der Waals surface area (Å²) in [7, 11) is 3.45. The zero-order valence-electron chi connectivity index (χ0n) is 12.5. The Morgan fingerprint density at radius 2 is 2.18 bits per heavy atom. The molecule has 1 atom stereocenters. The largest absolute Gasteiger partial charge is 0.347 e. The lowest BCUT2D eigenvalue weighted by molar-refractivity contribution is -0.132. The third kappa shape index (κ3) is 2.78. The highest BCUT2D eigenvalue weighted by atomic mass is 32.1. The molecule has 0 spiro atoms. The molecule has 1 fully saturated rings. The zero-order chi connectivity index (χ0) is 15.7. The fourth-order valence-corrected chi connectivity index (χ4v) is 4.21. The second-order valence-corrected chi connectivity index (χ2v) is 7.21. The van der Waals surface area contributed by atoms with Crippen LogP contribution in [-0.2, 0) is 4.79 Å². The van der Waals surface area contributed by atoms with Crippen LogP contribution in [0.3, 0.4) is 0 Å². The Kier molecular flexibility index (Phi) is 4.26. The summed E-state index contributed by atoms with van der Waals surface area (Å²) < 4.78 is 0. The van der Waals surface area contributed by atoms with E-state index in [1.807, 2.05) is 17.5 Å². The molecule has 5 nitrogen and oxygen atoms in total. The van der Waals surface area contributed by atoms with Gasteiger partial charge in [0.2, 0.25) is 5.91 Å². The number of carbonyl (C=O) groups is 2. The predicted molar refractivity (Wildman–Crippen MR) is 88.2 cm³/mol. The van der Waals surface area contributed by atoms with E-state index in [2.05, 4.69) is 4.98 Å². The molecule has 0 bridgehead atoms. The summed E-state index contributed by atoms with van der Waals surface area (Å²) in [6, 6.07) is 3.61. The van der Waals surface area contributed by atoms with Gasteiger partial charge >= 0.3 is 0 Å². The van der Waals surface area contributed by atoms with Gasteiger partial charge in [-0.25, -0.2) is 4.98 Å².